The van der Waals surface area contributed by atoms with E-state index in [-0.39, 0.29) is 25.0 Å². The Balaban J connectivity index is 2.55. The van der Waals surface area contributed by atoms with Gasteiger partial charge in [0.05, 0.1) is 18.9 Å². The van der Waals surface area contributed by atoms with E-state index in [1.807, 2.05) is 20.8 Å². The van der Waals surface area contributed by atoms with Crippen LogP contribution in [0.3, 0.4) is 0 Å². The summed E-state index contributed by atoms with van der Waals surface area (Å²) in [6.07, 6.45) is 0.877. The average molecular weight is 321 g/mol. The summed E-state index contributed by atoms with van der Waals surface area (Å²) in [4.78, 5) is 25.3. The third-order valence-corrected chi connectivity index (χ3v) is 3.63. The maximum absolute atomic E-state index is 12.6. The maximum atomic E-state index is 12.6. The Morgan fingerprint density at radius 1 is 1.43 bits per heavy atom. The molecule has 1 atom stereocenters. The monoisotopic (exact) mass is 321 g/mol. The molecule has 6 nitrogen and oxygen atoms in total. The van der Waals surface area contributed by atoms with Gasteiger partial charge in [-0.3, -0.25) is 9.59 Å². The molecule has 2 rings (SSSR count). The summed E-state index contributed by atoms with van der Waals surface area (Å²) in [7, 11) is 0. The van der Waals surface area contributed by atoms with Gasteiger partial charge in [-0.15, -0.1) is 0 Å². The van der Waals surface area contributed by atoms with Crippen molar-refractivity contribution >= 4 is 17.9 Å². The van der Waals surface area contributed by atoms with Crippen molar-refractivity contribution in [3.8, 4) is 11.5 Å². The van der Waals surface area contributed by atoms with Gasteiger partial charge in [0.15, 0.2) is 17.6 Å². The number of hydrogen-bond donors (Lipinski definition) is 1. The Labute approximate surface area is 136 Å². The average Bonchev–Trinajstić information content (AvgIpc) is 2.54. The Hall–Kier alpha value is -2.08. The third kappa shape index (κ3) is 3.47. The van der Waals surface area contributed by atoms with Crippen LogP contribution in [0, 0.1) is 5.92 Å². The zero-order valence-corrected chi connectivity index (χ0v) is 13.7. The third-order valence-electron chi connectivity index (χ3n) is 3.63. The molecule has 1 N–H and O–H groups in total. The van der Waals surface area contributed by atoms with Crippen molar-refractivity contribution in [1.29, 1.82) is 0 Å². The number of aliphatic hydroxyl groups is 1. The van der Waals surface area contributed by atoms with Crippen LogP contribution in [-0.2, 0) is 4.79 Å². The van der Waals surface area contributed by atoms with Crippen molar-refractivity contribution in [2.24, 2.45) is 5.92 Å². The van der Waals surface area contributed by atoms with Gasteiger partial charge in [-0.1, -0.05) is 20.8 Å². The number of nitrogens with zero attached hydrogens (tertiary/aromatic N) is 1. The molecule has 1 aliphatic heterocycles. The molecule has 1 heterocycles. The molecule has 1 aromatic carbocycles. The molecule has 1 aliphatic rings. The summed E-state index contributed by atoms with van der Waals surface area (Å²) >= 11 is 0. The predicted octanol–water partition coefficient (Wildman–Crippen LogP) is 2.03. The van der Waals surface area contributed by atoms with Crippen molar-refractivity contribution in [2.45, 2.75) is 33.3 Å². The molecule has 23 heavy (non-hydrogen) atoms. The number of carbonyl (C=O) groups is 2. The molecule has 1 aromatic rings. The first-order valence-electron chi connectivity index (χ1n) is 7.88. The van der Waals surface area contributed by atoms with Crippen molar-refractivity contribution in [3.05, 3.63) is 17.7 Å². The van der Waals surface area contributed by atoms with E-state index in [0.717, 1.165) is 6.42 Å². The number of anilines is 1. The zero-order chi connectivity index (χ0) is 17.0. The molecule has 0 saturated heterocycles. The van der Waals surface area contributed by atoms with Gasteiger partial charge in [-0.05, 0) is 24.5 Å². The number of aldehydes is 1. The molecular weight excluding hydrogens is 298 g/mol. The summed E-state index contributed by atoms with van der Waals surface area (Å²) in [5.74, 6) is 0.663. The summed E-state index contributed by atoms with van der Waals surface area (Å²) in [5, 5.41) is 9.29. The van der Waals surface area contributed by atoms with E-state index in [2.05, 4.69) is 0 Å². The second-order valence-corrected chi connectivity index (χ2v) is 5.83. The van der Waals surface area contributed by atoms with Crippen LogP contribution in [0.1, 0.15) is 37.6 Å². The first kappa shape index (κ1) is 17.3. The van der Waals surface area contributed by atoms with Gasteiger partial charge in [0.25, 0.3) is 5.91 Å². The van der Waals surface area contributed by atoms with Gasteiger partial charge in [0.1, 0.15) is 6.29 Å². The highest BCUT2D eigenvalue weighted by molar-refractivity contribution is 6.01. The second kappa shape index (κ2) is 7.46. The lowest BCUT2D eigenvalue weighted by molar-refractivity contribution is -0.128. The Kier molecular flexibility index (Phi) is 5.60. The van der Waals surface area contributed by atoms with Crippen LogP contribution in [0.15, 0.2) is 12.1 Å². The molecule has 0 aliphatic carbocycles. The number of β-amino-alcohol motifs (C(OH)–C–C–N with tert-alkyl or cyclic N) is 1. The topological polar surface area (TPSA) is 76.1 Å². The summed E-state index contributed by atoms with van der Waals surface area (Å²) < 4.78 is 11.6. The minimum Gasteiger partial charge on any atom is -0.490 e. The SMILES string of the molecule is CCCOc1cc(C=O)cc2c1OC(C(C)C)C(=O)N2CCO. The fourth-order valence-corrected chi connectivity index (χ4v) is 2.52. The van der Waals surface area contributed by atoms with Gasteiger partial charge < -0.3 is 19.5 Å². The van der Waals surface area contributed by atoms with Gasteiger partial charge in [0.2, 0.25) is 0 Å². The molecule has 0 radical (unpaired) electrons. The highest BCUT2D eigenvalue weighted by Gasteiger charge is 2.38. The smallest absolute Gasteiger partial charge is 0.268 e. The number of amides is 1. The van der Waals surface area contributed by atoms with Crippen LogP contribution in [0.25, 0.3) is 0 Å². The largest absolute Gasteiger partial charge is 0.490 e. The van der Waals surface area contributed by atoms with Crippen LogP contribution < -0.4 is 14.4 Å². The van der Waals surface area contributed by atoms with E-state index < -0.39 is 6.10 Å². The Morgan fingerprint density at radius 3 is 2.74 bits per heavy atom. The molecule has 0 saturated carbocycles. The molecule has 1 amide bonds. The molecule has 6 heteroatoms. The first-order valence-corrected chi connectivity index (χ1v) is 7.88. The molecule has 0 spiro atoms. The Morgan fingerprint density at radius 2 is 2.17 bits per heavy atom. The van der Waals surface area contributed by atoms with Crippen molar-refractivity contribution < 1.29 is 24.2 Å². The summed E-state index contributed by atoms with van der Waals surface area (Å²) in [6, 6.07) is 3.21. The van der Waals surface area contributed by atoms with E-state index in [9.17, 15) is 14.7 Å². The quantitative estimate of drug-likeness (QED) is 0.778. The van der Waals surface area contributed by atoms with E-state index >= 15 is 0 Å². The van der Waals surface area contributed by atoms with Crippen LogP contribution in [-0.4, -0.2) is 43.2 Å². The van der Waals surface area contributed by atoms with Crippen molar-refractivity contribution in [3.63, 3.8) is 0 Å². The lowest BCUT2D eigenvalue weighted by Gasteiger charge is -2.36. The number of benzene rings is 1. The number of carbonyl (C=O) groups excluding carboxylic acids is 2. The van der Waals surface area contributed by atoms with Crippen molar-refractivity contribution in [1.82, 2.24) is 0 Å². The van der Waals surface area contributed by atoms with E-state index in [1.165, 1.54) is 4.90 Å². The van der Waals surface area contributed by atoms with Crippen LogP contribution >= 0.6 is 0 Å². The minimum atomic E-state index is -0.639. The van der Waals surface area contributed by atoms with Gasteiger partial charge >= 0.3 is 0 Å². The van der Waals surface area contributed by atoms with Gasteiger partial charge in [-0.25, -0.2) is 0 Å². The fraction of sp³-hybridized carbons (Fsp3) is 0.529. The van der Waals surface area contributed by atoms with E-state index in [0.29, 0.717) is 35.6 Å². The fourth-order valence-electron chi connectivity index (χ4n) is 2.52. The number of rotatable bonds is 7. The van der Waals surface area contributed by atoms with Crippen LogP contribution in [0.4, 0.5) is 5.69 Å². The molecule has 0 aromatic heterocycles. The van der Waals surface area contributed by atoms with Crippen molar-refractivity contribution in [2.75, 3.05) is 24.7 Å². The van der Waals surface area contributed by atoms with E-state index in [1.54, 1.807) is 12.1 Å². The maximum Gasteiger partial charge on any atom is 0.268 e. The molecule has 0 bridgehead atoms. The summed E-state index contributed by atoms with van der Waals surface area (Å²) in [6.45, 7) is 6.24. The molecule has 126 valence electrons. The Bertz CT molecular complexity index is 585. The molecule has 0 fully saturated rings. The number of aliphatic hydroxyl groups excluding tert-OH is 1. The molecule has 1 unspecified atom stereocenters. The standard InChI is InChI=1S/C17H23NO5/c1-4-7-22-14-9-12(10-20)8-13-16(14)23-15(11(2)3)17(21)18(13)5-6-19/h8-11,15,19H,4-7H2,1-3H3. The number of ether oxygens (including phenoxy) is 2. The highest BCUT2D eigenvalue weighted by Crippen LogP contribution is 2.43. The van der Waals surface area contributed by atoms with E-state index in [4.69, 9.17) is 9.47 Å². The molecular formula is C17H23NO5. The van der Waals surface area contributed by atoms with Gasteiger partial charge in [0, 0.05) is 12.1 Å². The lowest BCUT2D eigenvalue weighted by Crippen LogP contribution is -2.49. The minimum absolute atomic E-state index is 0.0263. The number of hydrogen-bond acceptors (Lipinski definition) is 5. The van der Waals surface area contributed by atoms with Gasteiger partial charge in [-0.2, -0.15) is 0 Å². The normalized spacial score (nSPS) is 17.0. The van der Waals surface area contributed by atoms with Crippen LogP contribution in [0.5, 0.6) is 11.5 Å². The summed E-state index contributed by atoms with van der Waals surface area (Å²) in [5.41, 5.74) is 0.869. The zero-order valence-electron chi connectivity index (χ0n) is 13.7. The lowest BCUT2D eigenvalue weighted by atomic mass is 10.0. The predicted molar refractivity (Wildman–Crippen MR) is 86.3 cm³/mol. The number of fused-ring (bicyclic) bond motifs is 1. The second-order valence-electron chi connectivity index (χ2n) is 5.83. The first-order chi connectivity index (χ1) is 11.0. The van der Waals surface area contributed by atoms with Crippen LogP contribution in [0.2, 0.25) is 0 Å². The highest BCUT2D eigenvalue weighted by atomic mass is 16.5.